The van der Waals surface area contributed by atoms with Gasteiger partial charge < -0.3 is 14.8 Å². The third-order valence-electron chi connectivity index (χ3n) is 7.71. The molecule has 5 rings (SSSR count). The highest BCUT2D eigenvalue weighted by atomic mass is 79.9. The van der Waals surface area contributed by atoms with Gasteiger partial charge in [-0.3, -0.25) is 9.59 Å². The van der Waals surface area contributed by atoms with Crippen LogP contribution in [0, 0.1) is 6.92 Å². The number of aryl methyl sites for hydroxylation is 1. The Morgan fingerprint density at radius 2 is 1.93 bits per heavy atom. The molecule has 1 N–H and O–H groups in total. The maximum absolute atomic E-state index is 13.8. The van der Waals surface area contributed by atoms with E-state index in [9.17, 15) is 9.59 Å². The number of fused-ring (bicyclic) bond motifs is 1. The lowest BCUT2D eigenvalue weighted by molar-refractivity contribution is -0.118. The fraction of sp³-hybridized carbons (Fsp3) is 0.314. The molecule has 1 aliphatic carbocycles. The summed E-state index contributed by atoms with van der Waals surface area (Å²) < 4.78 is 14.3. The summed E-state index contributed by atoms with van der Waals surface area (Å²) in [5.74, 6) is 1.54. The third kappa shape index (κ3) is 7.27. The van der Waals surface area contributed by atoms with E-state index in [2.05, 4.69) is 27.8 Å². The normalized spacial score (nSPS) is 13.7. The van der Waals surface area contributed by atoms with E-state index in [1.54, 1.807) is 18.4 Å². The van der Waals surface area contributed by atoms with Gasteiger partial charge in [-0.1, -0.05) is 59.5 Å². The van der Waals surface area contributed by atoms with Gasteiger partial charge in [-0.25, -0.2) is 4.98 Å². The summed E-state index contributed by atoms with van der Waals surface area (Å²) >= 11 is 3.48. The van der Waals surface area contributed by atoms with Crippen molar-refractivity contribution in [1.82, 2.24) is 9.66 Å². The van der Waals surface area contributed by atoms with Crippen LogP contribution < -0.4 is 20.3 Å². The molecule has 0 radical (unpaired) electrons. The minimum atomic E-state index is -0.276. The summed E-state index contributed by atoms with van der Waals surface area (Å²) in [6, 6.07) is 16.9. The molecule has 1 saturated carbocycles. The monoisotopic (exact) mass is 656 g/mol. The lowest BCUT2D eigenvalue weighted by Crippen LogP contribution is -2.25. The minimum Gasteiger partial charge on any atom is -0.490 e. The topological polar surface area (TPSA) is 94.8 Å². The number of amides is 1. The van der Waals surface area contributed by atoms with Crippen molar-refractivity contribution in [1.29, 1.82) is 0 Å². The van der Waals surface area contributed by atoms with Gasteiger partial charge in [0.25, 0.3) is 11.5 Å². The first-order chi connectivity index (χ1) is 21.4. The number of halogens is 1. The average Bonchev–Trinajstić information content (AvgIpc) is 3.02. The minimum absolute atomic E-state index is 0.165. The van der Waals surface area contributed by atoms with Gasteiger partial charge >= 0.3 is 0 Å². The number of benzene rings is 3. The zero-order valence-corrected chi connectivity index (χ0v) is 26.7. The number of nitrogens with one attached hydrogen (secondary N) is 1. The van der Waals surface area contributed by atoms with Crippen molar-refractivity contribution < 1.29 is 14.3 Å². The lowest BCUT2D eigenvalue weighted by Gasteiger charge is -2.22. The molecule has 1 amide bonds. The second kappa shape index (κ2) is 14.5. The fourth-order valence-electron chi connectivity index (χ4n) is 5.56. The van der Waals surface area contributed by atoms with Gasteiger partial charge in [-0.2, -0.15) is 9.78 Å². The van der Waals surface area contributed by atoms with Crippen molar-refractivity contribution in [2.24, 2.45) is 5.10 Å². The summed E-state index contributed by atoms with van der Waals surface area (Å²) in [5.41, 5.74) is 3.68. The molecule has 1 aromatic heterocycles. The van der Waals surface area contributed by atoms with Crippen molar-refractivity contribution in [3.63, 3.8) is 0 Å². The van der Waals surface area contributed by atoms with E-state index in [1.165, 1.54) is 11.1 Å². The summed E-state index contributed by atoms with van der Waals surface area (Å²) in [7, 11) is 0. The highest BCUT2D eigenvalue weighted by Crippen LogP contribution is 2.35. The maximum atomic E-state index is 13.8. The van der Waals surface area contributed by atoms with Crippen molar-refractivity contribution in [2.45, 2.75) is 58.3 Å². The highest BCUT2D eigenvalue weighted by molar-refractivity contribution is 9.10. The summed E-state index contributed by atoms with van der Waals surface area (Å²) in [6.45, 7) is 7.93. The number of allylic oxidation sites excluding steroid dienone is 1. The predicted octanol–water partition coefficient (Wildman–Crippen LogP) is 7.54. The van der Waals surface area contributed by atoms with Crippen molar-refractivity contribution in [3.8, 4) is 11.5 Å². The van der Waals surface area contributed by atoms with Gasteiger partial charge in [0, 0.05) is 21.6 Å². The molecule has 1 heterocycles. The molecule has 0 spiro atoms. The Balaban J connectivity index is 1.48. The van der Waals surface area contributed by atoms with Gasteiger partial charge in [-0.05, 0) is 80.6 Å². The maximum Gasteiger partial charge on any atom is 0.282 e. The second-order valence-electron chi connectivity index (χ2n) is 10.9. The molecule has 0 saturated heterocycles. The van der Waals surface area contributed by atoms with Crippen molar-refractivity contribution in [2.75, 3.05) is 18.5 Å². The Kier molecular flexibility index (Phi) is 10.3. The zero-order valence-electron chi connectivity index (χ0n) is 25.1. The molecule has 4 aromatic rings. The zero-order chi connectivity index (χ0) is 31.1. The molecule has 0 unspecified atom stereocenters. The van der Waals surface area contributed by atoms with E-state index < -0.39 is 0 Å². The molecule has 44 heavy (non-hydrogen) atoms. The number of ether oxygens (including phenoxy) is 2. The first-order valence-electron chi connectivity index (χ1n) is 15.0. The first-order valence-corrected chi connectivity index (χ1v) is 15.8. The summed E-state index contributed by atoms with van der Waals surface area (Å²) in [5, 5.41) is 8.11. The van der Waals surface area contributed by atoms with Crippen molar-refractivity contribution >= 4 is 44.6 Å². The number of carbonyl (C=O) groups is 1. The molecular weight excluding hydrogens is 620 g/mol. The number of nitrogens with zero attached hydrogens (tertiary/aromatic N) is 3. The van der Waals surface area contributed by atoms with Crippen molar-refractivity contribution in [3.05, 3.63) is 105 Å². The first kappa shape index (κ1) is 31.2. The molecule has 9 heteroatoms. The van der Waals surface area contributed by atoms with Crippen LogP contribution in [-0.4, -0.2) is 35.0 Å². The molecule has 0 aliphatic heterocycles. The number of hydrogen-bond donors (Lipinski definition) is 1. The average molecular weight is 658 g/mol. The molecule has 0 bridgehead atoms. The molecule has 8 nitrogen and oxygen atoms in total. The quantitative estimate of drug-likeness (QED) is 0.133. The Hall–Kier alpha value is -4.24. The molecule has 0 atom stereocenters. The smallest absolute Gasteiger partial charge is 0.282 e. The van der Waals surface area contributed by atoms with E-state index in [-0.39, 0.29) is 24.0 Å². The molecule has 3 aromatic carbocycles. The van der Waals surface area contributed by atoms with Crippen LogP contribution in [0.1, 0.15) is 67.5 Å². The Bertz CT molecular complexity index is 1760. The van der Waals surface area contributed by atoms with Gasteiger partial charge in [0.2, 0.25) is 0 Å². The Morgan fingerprint density at radius 3 is 2.68 bits per heavy atom. The number of anilines is 1. The van der Waals surface area contributed by atoms with Crippen LogP contribution in [-0.2, 0) is 11.2 Å². The van der Waals surface area contributed by atoms with Gasteiger partial charge in [0.05, 0.1) is 23.7 Å². The standard InChI is InChI=1S/C35H37BrN4O4/c1-4-11-26-18-24(19-31(43-5-2)33(26)44-22-32(41)38-29-15-10-9-12-23(29)3)21-37-40-34(25-13-7-6-8-14-25)39-30-17-16-27(36)20-28(30)35(40)42/h4,9-10,12,15-21,25H,1,5-8,11,13-14,22H2,2-3H3,(H,38,41). The van der Waals surface area contributed by atoms with Gasteiger partial charge in [-0.15, -0.1) is 6.58 Å². The van der Waals surface area contributed by atoms with Crippen LogP contribution in [0.4, 0.5) is 5.69 Å². The number of carbonyl (C=O) groups excluding carboxylic acids is 1. The van der Waals surface area contributed by atoms with E-state index >= 15 is 0 Å². The summed E-state index contributed by atoms with van der Waals surface area (Å²) in [6.07, 6.45) is 9.27. The van der Waals surface area contributed by atoms with Crippen LogP contribution in [0.3, 0.4) is 0 Å². The number of aromatic nitrogens is 2. The van der Waals surface area contributed by atoms with Crippen LogP contribution in [0.2, 0.25) is 0 Å². The highest BCUT2D eigenvalue weighted by Gasteiger charge is 2.23. The Morgan fingerprint density at radius 1 is 1.14 bits per heavy atom. The second-order valence-corrected chi connectivity index (χ2v) is 11.8. The van der Waals surface area contributed by atoms with E-state index in [0.717, 1.165) is 52.5 Å². The SMILES string of the molecule is C=CCc1cc(C=Nn2c(C3CCCCC3)nc3ccc(Br)cc3c2=O)cc(OCC)c1OCC(=O)Nc1ccccc1C. The van der Waals surface area contributed by atoms with E-state index in [4.69, 9.17) is 19.6 Å². The number of para-hydroxylation sites is 1. The summed E-state index contributed by atoms with van der Waals surface area (Å²) in [4.78, 5) is 31.4. The van der Waals surface area contributed by atoms with Crippen LogP contribution >= 0.6 is 15.9 Å². The van der Waals surface area contributed by atoms with E-state index in [1.807, 2.05) is 62.4 Å². The molecule has 1 aliphatic rings. The lowest BCUT2D eigenvalue weighted by atomic mass is 9.88. The van der Waals surface area contributed by atoms with Gasteiger partial charge in [0.1, 0.15) is 5.82 Å². The van der Waals surface area contributed by atoms with Crippen LogP contribution in [0.15, 0.2) is 81.6 Å². The fourth-order valence-corrected chi connectivity index (χ4v) is 5.92. The molecular formula is C35H37BrN4O4. The predicted molar refractivity (Wildman–Crippen MR) is 179 cm³/mol. The van der Waals surface area contributed by atoms with Crippen LogP contribution in [0.25, 0.3) is 10.9 Å². The number of rotatable bonds is 11. The third-order valence-corrected chi connectivity index (χ3v) is 8.20. The van der Waals surface area contributed by atoms with E-state index in [0.29, 0.717) is 41.3 Å². The largest absolute Gasteiger partial charge is 0.490 e. The molecule has 228 valence electrons. The number of hydrogen-bond acceptors (Lipinski definition) is 6. The van der Waals surface area contributed by atoms with Crippen LogP contribution in [0.5, 0.6) is 11.5 Å². The molecule has 1 fully saturated rings. The Labute approximate surface area is 265 Å². The van der Waals surface area contributed by atoms with Gasteiger partial charge in [0.15, 0.2) is 18.1 Å².